The van der Waals surface area contributed by atoms with Gasteiger partial charge in [-0.2, -0.15) is 13.3 Å². The van der Waals surface area contributed by atoms with Crippen molar-refractivity contribution in [1.29, 1.82) is 5.41 Å². The molecule has 0 aromatic rings. The van der Waals surface area contributed by atoms with E-state index < -0.39 is 0 Å². The summed E-state index contributed by atoms with van der Waals surface area (Å²) < 4.78 is 0. The minimum Gasteiger partial charge on any atom is -0.519 e. The Balaban J connectivity index is -0.0000000480. The first kappa shape index (κ1) is 15.6. The molecule has 0 unspecified atom stereocenters. The predicted octanol–water partition coefficient (Wildman–Crippen LogP) is 1.76. The summed E-state index contributed by atoms with van der Waals surface area (Å²) in [6.45, 7) is 6.88. The molecule has 1 N–H and O–H groups in total. The molecule has 0 saturated carbocycles. The van der Waals surface area contributed by atoms with Crippen LogP contribution >= 0.6 is 0 Å². The number of hydrogen-bond acceptors (Lipinski definition) is 1. The Kier molecular flexibility index (Phi) is 66.4. The van der Waals surface area contributed by atoms with Crippen LogP contribution in [-0.4, -0.2) is 6.21 Å². The van der Waals surface area contributed by atoms with E-state index in [1.807, 2.05) is 6.92 Å². The van der Waals surface area contributed by atoms with Gasteiger partial charge in [0.15, 0.2) is 0 Å². The molecule has 7 heavy (non-hydrogen) atoms. The average Bonchev–Trinajstić information content (AvgIpc) is 1.72. The molecule has 0 aromatic heterocycles. The zero-order chi connectivity index (χ0) is 5.41. The van der Waals surface area contributed by atoms with Gasteiger partial charge in [0, 0.05) is 0 Å². The Morgan fingerprint density at radius 1 is 1.57 bits per heavy atom. The SMILES string of the molecule is CC[C-]=N.[CH2-]C.[U+2]. The number of nitrogens with one attached hydrogen (secondary N) is 1. The molecule has 0 spiro atoms. The normalized spacial score (nSPS) is 4.43. The van der Waals surface area contributed by atoms with E-state index in [2.05, 4.69) is 13.1 Å². The van der Waals surface area contributed by atoms with Gasteiger partial charge in [-0.25, -0.2) is 0 Å². The van der Waals surface area contributed by atoms with E-state index in [1.54, 1.807) is 6.92 Å². The van der Waals surface area contributed by atoms with Crippen LogP contribution < -0.4 is 0 Å². The summed E-state index contributed by atoms with van der Waals surface area (Å²) in [6, 6.07) is 0. The van der Waals surface area contributed by atoms with Crippen LogP contribution in [0.15, 0.2) is 0 Å². The summed E-state index contributed by atoms with van der Waals surface area (Å²) in [5.74, 6) is 0. The molecule has 0 amide bonds. The predicted molar refractivity (Wildman–Crippen MR) is 29.0 cm³/mol. The second kappa shape index (κ2) is 29.7. The quantitative estimate of drug-likeness (QED) is 0.562. The number of hydrogen-bond donors (Lipinski definition) is 1. The molecule has 0 heterocycles. The molecule has 2 heteroatoms. The average molecular weight is 323 g/mol. The van der Waals surface area contributed by atoms with E-state index in [0.717, 1.165) is 6.42 Å². The van der Waals surface area contributed by atoms with Crippen LogP contribution in [0.1, 0.15) is 20.3 Å². The second-order valence-electron chi connectivity index (χ2n) is 0.530. The van der Waals surface area contributed by atoms with Crippen LogP contribution in [0.4, 0.5) is 0 Å². The Morgan fingerprint density at radius 3 is 1.71 bits per heavy atom. The third-order valence-electron chi connectivity index (χ3n) is 0.177. The molecule has 0 aliphatic rings. The van der Waals surface area contributed by atoms with E-state index in [4.69, 9.17) is 5.41 Å². The molecular formula is C5H11NU. The molecule has 0 fully saturated rings. The molecule has 0 atom stereocenters. The molecule has 40 valence electrons. The fraction of sp³-hybridized carbons (Fsp3) is 0.600. The Labute approximate surface area is 69.8 Å². The van der Waals surface area contributed by atoms with Crippen molar-refractivity contribution >= 4 is 6.21 Å². The Morgan fingerprint density at radius 2 is 1.71 bits per heavy atom. The first-order chi connectivity index (χ1) is 2.91. The van der Waals surface area contributed by atoms with E-state index in [9.17, 15) is 0 Å². The van der Waals surface area contributed by atoms with Gasteiger partial charge in [0.25, 0.3) is 0 Å². The second-order valence-corrected chi connectivity index (χ2v) is 0.530. The van der Waals surface area contributed by atoms with Crippen molar-refractivity contribution < 1.29 is 31.1 Å². The summed E-state index contributed by atoms with van der Waals surface area (Å²) in [4.78, 5) is 0. The maximum absolute atomic E-state index is 6.20. The van der Waals surface area contributed by atoms with Crippen LogP contribution in [-0.2, 0) is 0 Å². The van der Waals surface area contributed by atoms with Gasteiger partial charge in [-0.1, -0.05) is 6.92 Å². The first-order valence-electron chi connectivity index (χ1n) is 2.02. The molecule has 0 bridgehead atoms. The van der Waals surface area contributed by atoms with Crippen molar-refractivity contribution in [1.82, 2.24) is 0 Å². The maximum atomic E-state index is 6.20. The molecule has 0 aromatic carbocycles. The van der Waals surface area contributed by atoms with E-state index in [-0.39, 0.29) is 31.1 Å². The monoisotopic (exact) mass is 323 g/mol. The van der Waals surface area contributed by atoms with Crippen LogP contribution in [0.25, 0.3) is 0 Å². The van der Waals surface area contributed by atoms with Gasteiger partial charge >= 0.3 is 31.1 Å². The molecule has 0 saturated heterocycles. The standard InChI is InChI=1S/C3H6N.C2H5.U/c1-2-3-4;1-2;/h4H,2H2,1H3;1H2,2H3;/q2*-1;+2. The Bertz CT molecular complexity index is 22.0. The summed E-state index contributed by atoms with van der Waals surface area (Å²) >= 11 is 0. The fourth-order valence-electron chi connectivity index (χ4n) is 0. The van der Waals surface area contributed by atoms with Gasteiger partial charge in [0.1, 0.15) is 0 Å². The summed E-state index contributed by atoms with van der Waals surface area (Å²) in [5.41, 5.74) is 0. The van der Waals surface area contributed by atoms with Crippen molar-refractivity contribution in [3.63, 3.8) is 0 Å². The van der Waals surface area contributed by atoms with Gasteiger partial charge in [0.2, 0.25) is 0 Å². The molecule has 0 radical (unpaired) electrons. The molecule has 0 aliphatic heterocycles. The van der Waals surface area contributed by atoms with Gasteiger partial charge in [0.05, 0.1) is 0 Å². The van der Waals surface area contributed by atoms with E-state index in [0.29, 0.717) is 0 Å². The largest absolute Gasteiger partial charge is 2.00 e. The topological polar surface area (TPSA) is 23.9 Å². The minimum absolute atomic E-state index is 0. The van der Waals surface area contributed by atoms with Crippen LogP contribution in [0, 0.1) is 43.4 Å². The van der Waals surface area contributed by atoms with E-state index in [1.165, 1.54) is 0 Å². The third-order valence-corrected chi connectivity index (χ3v) is 0.177. The van der Waals surface area contributed by atoms with Crippen molar-refractivity contribution in [2.45, 2.75) is 20.3 Å². The first-order valence-corrected chi connectivity index (χ1v) is 2.02. The maximum Gasteiger partial charge on any atom is 2.00 e. The van der Waals surface area contributed by atoms with Gasteiger partial charge in [-0.3, -0.25) is 0 Å². The summed E-state index contributed by atoms with van der Waals surface area (Å²) in [6.07, 6.45) is 2.92. The molecule has 1 nitrogen and oxygen atoms in total. The summed E-state index contributed by atoms with van der Waals surface area (Å²) in [7, 11) is 0. The van der Waals surface area contributed by atoms with Crippen LogP contribution in [0.2, 0.25) is 0 Å². The van der Waals surface area contributed by atoms with Crippen molar-refractivity contribution in [3.8, 4) is 0 Å². The van der Waals surface area contributed by atoms with Gasteiger partial charge in [-0.15, -0.1) is 0 Å². The van der Waals surface area contributed by atoms with Gasteiger partial charge in [-0.05, 0) is 0 Å². The molecule has 0 rings (SSSR count). The molecule has 0 aliphatic carbocycles. The zero-order valence-corrected chi connectivity index (χ0v) is 9.08. The van der Waals surface area contributed by atoms with Crippen molar-refractivity contribution in [2.75, 3.05) is 0 Å². The third kappa shape index (κ3) is 50.5. The smallest absolute Gasteiger partial charge is 0.519 e. The number of rotatable bonds is 1. The zero-order valence-electron chi connectivity index (χ0n) is 4.91. The molecular weight excluding hydrogens is 312 g/mol. The van der Waals surface area contributed by atoms with Crippen LogP contribution in [0.3, 0.4) is 0 Å². The minimum atomic E-state index is 0. The van der Waals surface area contributed by atoms with Gasteiger partial charge < -0.3 is 18.5 Å². The van der Waals surface area contributed by atoms with E-state index >= 15 is 0 Å². The fourth-order valence-corrected chi connectivity index (χ4v) is 0. The van der Waals surface area contributed by atoms with Crippen molar-refractivity contribution in [2.24, 2.45) is 0 Å². The Hall–Kier alpha value is 0.722. The summed E-state index contributed by atoms with van der Waals surface area (Å²) in [5, 5.41) is 6.20. The van der Waals surface area contributed by atoms with Crippen molar-refractivity contribution in [3.05, 3.63) is 6.92 Å². The van der Waals surface area contributed by atoms with Crippen LogP contribution in [0.5, 0.6) is 0 Å².